The van der Waals surface area contributed by atoms with Gasteiger partial charge in [0.15, 0.2) is 5.43 Å². The maximum atomic E-state index is 13.5. The molecule has 0 spiro atoms. The van der Waals surface area contributed by atoms with Crippen molar-refractivity contribution >= 4 is 0 Å². The molecule has 2 nitrogen and oxygen atoms in total. The highest BCUT2D eigenvalue weighted by molar-refractivity contribution is 5.60. The van der Waals surface area contributed by atoms with E-state index < -0.39 is 0 Å². The highest BCUT2D eigenvalue weighted by atomic mass is 19.1. The van der Waals surface area contributed by atoms with E-state index in [1.165, 1.54) is 24.4 Å². The molecule has 0 radical (unpaired) electrons. The molecule has 0 aliphatic heterocycles. The normalized spacial score (nSPS) is 10.3. The Balaban J connectivity index is 2.63. The monoisotopic (exact) mass is 203 g/mol. The second kappa shape index (κ2) is 3.69. The second-order valence-electron chi connectivity index (χ2n) is 3.42. The van der Waals surface area contributed by atoms with Crippen molar-refractivity contribution in [1.82, 2.24) is 4.98 Å². The van der Waals surface area contributed by atoms with Crippen LogP contribution in [0.25, 0.3) is 11.3 Å². The standard InChI is InChI=1S/C12H10FNO/c1-8-2-3-11(13)10(6-8)12-7-9(15)4-5-14-12/h2-7H,1H3,(H,14,15). The van der Waals surface area contributed by atoms with Gasteiger partial charge >= 0.3 is 0 Å². The molecule has 0 aliphatic rings. The summed E-state index contributed by atoms with van der Waals surface area (Å²) in [6.07, 6.45) is 1.51. The van der Waals surface area contributed by atoms with Crippen molar-refractivity contribution < 1.29 is 4.39 Å². The first-order valence-electron chi connectivity index (χ1n) is 4.62. The molecule has 1 N–H and O–H groups in total. The van der Waals surface area contributed by atoms with Gasteiger partial charge in [-0.1, -0.05) is 11.6 Å². The molecule has 1 heterocycles. The van der Waals surface area contributed by atoms with E-state index in [9.17, 15) is 9.18 Å². The number of aromatic amines is 1. The lowest BCUT2D eigenvalue weighted by Crippen LogP contribution is -1.99. The van der Waals surface area contributed by atoms with Crippen LogP contribution in [0, 0.1) is 12.7 Å². The maximum Gasteiger partial charge on any atom is 0.182 e. The van der Waals surface area contributed by atoms with Crippen molar-refractivity contribution in [2.75, 3.05) is 0 Å². The van der Waals surface area contributed by atoms with Gasteiger partial charge in [-0.05, 0) is 19.1 Å². The van der Waals surface area contributed by atoms with Gasteiger partial charge in [0.25, 0.3) is 0 Å². The minimum absolute atomic E-state index is 0.135. The van der Waals surface area contributed by atoms with Gasteiger partial charge in [0.1, 0.15) is 5.82 Å². The lowest BCUT2D eigenvalue weighted by atomic mass is 10.1. The van der Waals surface area contributed by atoms with E-state index in [0.29, 0.717) is 11.3 Å². The van der Waals surface area contributed by atoms with Crippen LogP contribution in [-0.2, 0) is 0 Å². The lowest BCUT2D eigenvalue weighted by Gasteiger charge is -2.03. The summed E-state index contributed by atoms with van der Waals surface area (Å²) in [6.45, 7) is 1.88. The first-order chi connectivity index (χ1) is 7.16. The molecule has 76 valence electrons. The predicted octanol–water partition coefficient (Wildman–Crippen LogP) is 2.49. The molecule has 0 saturated carbocycles. The second-order valence-corrected chi connectivity index (χ2v) is 3.42. The van der Waals surface area contributed by atoms with E-state index in [-0.39, 0.29) is 11.2 Å². The van der Waals surface area contributed by atoms with Gasteiger partial charge in [-0.3, -0.25) is 4.79 Å². The number of hydrogen-bond donors (Lipinski definition) is 1. The third-order valence-electron chi connectivity index (χ3n) is 2.19. The smallest absolute Gasteiger partial charge is 0.182 e. The molecular weight excluding hydrogens is 193 g/mol. The Morgan fingerprint density at radius 2 is 2.00 bits per heavy atom. The zero-order valence-corrected chi connectivity index (χ0v) is 8.25. The first kappa shape index (κ1) is 9.65. The van der Waals surface area contributed by atoms with Crippen LogP contribution < -0.4 is 5.43 Å². The molecule has 1 aromatic carbocycles. The topological polar surface area (TPSA) is 32.9 Å². The summed E-state index contributed by atoms with van der Waals surface area (Å²) in [5.41, 5.74) is 1.75. The number of halogens is 1. The van der Waals surface area contributed by atoms with E-state index in [4.69, 9.17) is 0 Å². The number of benzene rings is 1. The van der Waals surface area contributed by atoms with Gasteiger partial charge in [0.2, 0.25) is 0 Å². The fraction of sp³-hybridized carbons (Fsp3) is 0.0833. The minimum Gasteiger partial charge on any atom is -0.361 e. The zero-order chi connectivity index (χ0) is 10.8. The Labute approximate surface area is 86.4 Å². The molecule has 15 heavy (non-hydrogen) atoms. The van der Waals surface area contributed by atoms with Crippen molar-refractivity contribution in [2.24, 2.45) is 0 Å². The van der Waals surface area contributed by atoms with Crippen molar-refractivity contribution in [3.63, 3.8) is 0 Å². The molecule has 0 fully saturated rings. The number of pyridine rings is 1. The van der Waals surface area contributed by atoms with Crippen LogP contribution in [0.2, 0.25) is 0 Å². The molecule has 0 atom stereocenters. The van der Waals surface area contributed by atoms with Crippen molar-refractivity contribution in [3.8, 4) is 11.3 Å². The highest BCUT2D eigenvalue weighted by Crippen LogP contribution is 2.20. The Morgan fingerprint density at radius 3 is 2.73 bits per heavy atom. The summed E-state index contributed by atoms with van der Waals surface area (Å²) in [5, 5.41) is 0. The van der Waals surface area contributed by atoms with Crippen LogP contribution in [0.4, 0.5) is 4.39 Å². The summed E-state index contributed by atoms with van der Waals surface area (Å²) in [7, 11) is 0. The van der Waals surface area contributed by atoms with Gasteiger partial charge in [0.05, 0.1) is 5.69 Å². The van der Waals surface area contributed by atoms with Crippen LogP contribution in [0.5, 0.6) is 0 Å². The fourth-order valence-corrected chi connectivity index (χ4v) is 1.45. The van der Waals surface area contributed by atoms with Crippen molar-refractivity contribution in [2.45, 2.75) is 6.92 Å². The Hall–Kier alpha value is -1.90. The minimum atomic E-state index is -0.331. The summed E-state index contributed by atoms with van der Waals surface area (Å²) in [5.74, 6) is -0.331. The first-order valence-corrected chi connectivity index (χ1v) is 4.62. The Bertz CT molecular complexity index is 545. The van der Waals surface area contributed by atoms with Crippen molar-refractivity contribution in [1.29, 1.82) is 0 Å². The molecule has 0 amide bonds. The summed E-state index contributed by atoms with van der Waals surface area (Å²) >= 11 is 0. The predicted molar refractivity (Wildman–Crippen MR) is 57.2 cm³/mol. The van der Waals surface area contributed by atoms with Gasteiger partial charge in [-0.15, -0.1) is 0 Å². The third kappa shape index (κ3) is 1.96. The summed E-state index contributed by atoms with van der Waals surface area (Å²) in [6, 6.07) is 7.59. The largest absolute Gasteiger partial charge is 0.361 e. The number of nitrogens with one attached hydrogen (secondary N) is 1. The Morgan fingerprint density at radius 1 is 1.20 bits per heavy atom. The summed E-state index contributed by atoms with van der Waals surface area (Å²) in [4.78, 5) is 14.0. The fourth-order valence-electron chi connectivity index (χ4n) is 1.45. The van der Waals surface area contributed by atoms with E-state index in [1.807, 2.05) is 6.92 Å². The number of aryl methyl sites for hydroxylation is 1. The molecule has 3 heteroatoms. The summed E-state index contributed by atoms with van der Waals surface area (Å²) < 4.78 is 13.5. The molecule has 0 bridgehead atoms. The SMILES string of the molecule is Cc1ccc(F)c(-c2cc(=O)cc[nH]2)c1. The highest BCUT2D eigenvalue weighted by Gasteiger charge is 2.05. The van der Waals surface area contributed by atoms with Crippen LogP contribution in [-0.4, -0.2) is 4.98 Å². The van der Waals surface area contributed by atoms with E-state index >= 15 is 0 Å². The zero-order valence-electron chi connectivity index (χ0n) is 8.25. The lowest BCUT2D eigenvalue weighted by molar-refractivity contribution is 0.630. The molecule has 0 unspecified atom stereocenters. The van der Waals surface area contributed by atoms with E-state index in [0.717, 1.165) is 5.56 Å². The van der Waals surface area contributed by atoms with Crippen LogP contribution in [0.15, 0.2) is 41.3 Å². The van der Waals surface area contributed by atoms with Crippen LogP contribution in [0.3, 0.4) is 0 Å². The number of rotatable bonds is 1. The molecule has 2 aromatic rings. The average molecular weight is 203 g/mol. The number of hydrogen-bond acceptors (Lipinski definition) is 1. The van der Waals surface area contributed by atoms with Gasteiger partial charge in [-0.2, -0.15) is 0 Å². The molecule has 0 aliphatic carbocycles. The van der Waals surface area contributed by atoms with Gasteiger partial charge in [0, 0.05) is 23.9 Å². The van der Waals surface area contributed by atoms with Gasteiger partial charge < -0.3 is 4.98 Å². The molecule has 0 saturated heterocycles. The van der Waals surface area contributed by atoms with Crippen LogP contribution in [0.1, 0.15) is 5.56 Å². The quantitative estimate of drug-likeness (QED) is 0.758. The Kier molecular flexibility index (Phi) is 2.37. The maximum absolute atomic E-state index is 13.5. The average Bonchev–Trinajstić information content (AvgIpc) is 2.22. The third-order valence-corrected chi connectivity index (χ3v) is 2.19. The number of aromatic nitrogens is 1. The number of H-pyrrole nitrogens is 1. The van der Waals surface area contributed by atoms with Gasteiger partial charge in [-0.25, -0.2) is 4.39 Å². The molecular formula is C12H10FNO. The van der Waals surface area contributed by atoms with E-state index in [1.54, 1.807) is 12.1 Å². The molecule has 1 aromatic heterocycles. The van der Waals surface area contributed by atoms with Crippen molar-refractivity contribution in [3.05, 3.63) is 58.1 Å². The van der Waals surface area contributed by atoms with E-state index in [2.05, 4.69) is 4.98 Å². The molecule has 2 rings (SSSR count). The van der Waals surface area contributed by atoms with Crippen LogP contribution >= 0.6 is 0 Å².